The van der Waals surface area contributed by atoms with Gasteiger partial charge in [-0.3, -0.25) is 4.79 Å². The Kier molecular flexibility index (Phi) is 12.3. The Bertz CT molecular complexity index is 1270. The average Bonchev–Trinajstić information content (AvgIpc) is 3.28. The van der Waals surface area contributed by atoms with Crippen LogP contribution in [0.1, 0.15) is 124 Å². The van der Waals surface area contributed by atoms with E-state index in [0.717, 1.165) is 44.9 Å². The van der Waals surface area contributed by atoms with Crippen LogP contribution in [-0.2, 0) is 11.2 Å². The Hall–Kier alpha value is -1.75. The smallest absolute Gasteiger partial charge is 0.410 e. The lowest BCUT2D eigenvalue weighted by atomic mass is 9.55. The van der Waals surface area contributed by atoms with Crippen molar-refractivity contribution in [3.8, 4) is 5.75 Å². The predicted octanol–water partition coefficient (Wildman–Crippen LogP) is 9.08. The number of hydrogen-bond acceptors (Lipinski definition) is 5. The van der Waals surface area contributed by atoms with E-state index in [-0.39, 0.29) is 28.6 Å². The van der Waals surface area contributed by atoms with E-state index in [9.17, 15) is 32.3 Å². The quantitative estimate of drug-likeness (QED) is 0.138. The van der Waals surface area contributed by atoms with Crippen molar-refractivity contribution in [2.24, 2.45) is 22.7 Å². The normalized spacial score (nSPS) is 24.8. The third-order valence-electron chi connectivity index (χ3n) is 11.6. The molecular formula is C36H54BF4NO4S. The highest BCUT2D eigenvalue weighted by molar-refractivity contribution is 8.00. The molecule has 4 unspecified atom stereocenters. The van der Waals surface area contributed by atoms with E-state index >= 15 is 0 Å². The Morgan fingerprint density at radius 2 is 1.74 bits per heavy atom. The van der Waals surface area contributed by atoms with Gasteiger partial charge in [0.1, 0.15) is 11.5 Å². The van der Waals surface area contributed by atoms with Crippen molar-refractivity contribution in [1.82, 2.24) is 5.32 Å². The highest BCUT2D eigenvalue weighted by Gasteiger charge is 2.54. The maximum Gasteiger partial charge on any atom is 0.413 e. The minimum atomic E-state index is -4.43. The minimum Gasteiger partial charge on any atom is -0.410 e. The van der Waals surface area contributed by atoms with Crippen molar-refractivity contribution in [2.45, 2.75) is 141 Å². The van der Waals surface area contributed by atoms with Gasteiger partial charge in [0.05, 0.1) is 12.1 Å². The van der Waals surface area contributed by atoms with Crippen LogP contribution in [0.3, 0.4) is 0 Å². The molecule has 0 saturated heterocycles. The van der Waals surface area contributed by atoms with Gasteiger partial charge < -0.3 is 15.2 Å². The topological polar surface area (TPSA) is 75.6 Å². The number of amides is 1. The van der Waals surface area contributed by atoms with Gasteiger partial charge in [-0.2, -0.15) is 11.8 Å². The first-order chi connectivity index (χ1) is 21.5. The molecule has 3 aliphatic rings. The molecule has 47 heavy (non-hydrogen) atoms. The molecule has 0 heterocycles. The second kappa shape index (κ2) is 14.6. The van der Waals surface area contributed by atoms with Crippen molar-refractivity contribution in [3.05, 3.63) is 29.3 Å². The molecule has 4 atom stereocenters. The molecule has 0 aromatic heterocycles. The van der Waals surface area contributed by atoms with Gasteiger partial charge in [-0.05, 0) is 111 Å². The van der Waals surface area contributed by atoms with E-state index in [0.29, 0.717) is 35.0 Å². The fourth-order valence-corrected chi connectivity index (χ4v) is 8.58. The molecule has 4 rings (SSSR count). The van der Waals surface area contributed by atoms with Crippen LogP contribution >= 0.6 is 11.8 Å². The first kappa shape index (κ1) is 39.7. The number of fused-ring (bicyclic) bond motifs is 5. The number of nitrogens with one attached hydrogen (secondary N) is 1. The van der Waals surface area contributed by atoms with E-state index in [1.807, 2.05) is 12.1 Å². The van der Waals surface area contributed by atoms with Gasteiger partial charge in [0.15, 0.2) is 7.85 Å². The minimum absolute atomic E-state index is 0.0215. The van der Waals surface area contributed by atoms with Crippen LogP contribution in [0.15, 0.2) is 18.2 Å². The number of carbonyl (C=O) groups is 2. The van der Waals surface area contributed by atoms with Gasteiger partial charge in [0.2, 0.25) is 0 Å². The zero-order valence-electron chi connectivity index (χ0n) is 29.4. The summed E-state index contributed by atoms with van der Waals surface area (Å²) in [4.78, 5) is 24.5. The molecule has 264 valence electrons. The molecule has 1 aromatic rings. The van der Waals surface area contributed by atoms with E-state index in [4.69, 9.17) is 4.74 Å². The number of ketones is 1. The fourth-order valence-electron chi connectivity index (χ4n) is 7.25. The predicted molar refractivity (Wildman–Crippen MR) is 182 cm³/mol. The molecule has 2 N–H and O–H groups in total. The number of benzene rings is 1. The van der Waals surface area contributed by atoms with Gasteiger partial charge in [0.25, 0.3) is 11.7 Å². The summed E-state index contributed by atoms with van der Waals surface area (Å²) in [6.45, 7) is 15.9. The highest BCUT2D eigenvalue weighted by atomic mass is 32.2. The number of thioether (sulfide) groups is 1. The maximum atomic E-state index is 13.0. The molecule has 0 bridgehead atoms. The van der Waals surface area contributed by atoms with Gasteiger partial charge in [-0.1, -0.05) is 47.6 Å². The van der Waals surface area contributed by atoms with E-state index in [1.165, 1.54) is 11.1 Å². The van der Waals surface area contributed by atoms with Gasteiger partial charge in [-0.25, -0.2) is 22.4 Å². The van der Waals surface area contributed by atoms with Crippen LogP contribution in [0.2, 0.25) is 0 Å². The molecule has 0 aliphatic heterocycles. The first-order valence-corrected chi connectivity index (χ1v) is 17.9. The largest absolute Gasteiger partial charge is 0.413 e. The van der Waals surface area contributed by atoms with E-state index in [1.54, 1.807) is 25.6 Å². The van der Waals surface area contributed by atoms with Crippen LogP contribution in [-0.4, -0.2) is 59.2 Å². The van der Waals surface area contributed by atoms with E-state index < -0.39 is 29.8 Å². The molecule has 3 aliphatic carbocycles. The molecule has 1 aromatic carbocycles. The van der Waals surface area contributed by atoms with Crippen molar-refractivity contribution in [3.63, 3.8) is 0 Å². The summed E-state index contributed by atoms with van der Waals surface area (Å²) < 4.78 is 56.1. The summed E-state index contributed by atoms with van der Waals surface area (Å²) >= 11 is 1.54. The van der Waals surface area contributed by atoms with Crippen LogP contribution in [0.25, 0.3) is 0 Å². The second-order valence-corrected chi connectivity index (χ2v) is 17.5. The lowest BCUT2D eigenvalue weighted by molar-refractivity contribution is -0.161. The fraction of sp³-hybridized carbons (Fsp3) is 0.778. The lowest BCUT2D eigenvalue weighted by Crippen LogP contribution is -2.47. The number of aliphatic hydroxyl groups excluding tert-OH is 1. The summed E-state index contributed by atoms with van der Waals surface area (Å²) in [6.07, 6.45) is 5.50. The molecule has 5 nitrogen and oxygen atoms in total. The van der Waals surface area contributed by atoms with Crippen LogP contribution in [0, 0.1) is 22.7 Å². The standard InChI is InChI=1S/C23H31NO4.C13H23BF4S/c1-22(2,13-25)24-21(27)28-15-5-7-16-14(12-15)4-6-18-17(16)10-11-23(3)19(18)8-9-20(23)26;1-6-10(2,3)11(4,5)19-9-7-8-12(15,16)13(14,17)18/h5,7,12,17-19,25H,4,6,8-11,13H2,1-3H3,(H,24,27);6-9H2,1-5H3. The summed E-state index contributed by atoms with van der Waals surface area (Å²) in [7, 11) is 4.18. The zero-order valence-corrected chi connectivity index (χ0v) is 30.2. The number of aliphatic hydroxyl groups is 1. The summed E-state index contributed by atoms with van der Waals surface area (Å²) in [5.74, 6) is -5.49. The van der Waals surface area contributed by atoms with Crippen LogP contribution < -0.4 is 10.1 Å². The van der Waals surface area contributed by atoms with Crippen LogP contribution in [0.5, 0.6) is 5.75 Å². The van der Waals surface area contributed by atoms with Crippen molar-refractivity contribution >= 4 is 31.5 Å². The molecule has 2 radical (unpaired) electrons. The number of aryl methyl sites for hydroxylation is 1. The molecular weight excluding hydrogens is 629 g/mol. The van der Waals surface area contributed by atoms with Gasteiger partial charge in [-0.15, -0.1) is 0 Å². The molecule has 1 amide bonds. The number of carbonyl (C=O) groups excluding carboxylic acids is 2. The molecule has 2 fully saturated rings. The Morgan fingerprint density at radius 3 is 2.34 bits per heavy atom. The highest BCUT2D eigenvalue weighted by Crippen LogP contribution is 2.59. The third kappa shape index (κ3) is 9.09. The molecule has 11 heteroatoms. The lowest BCUT2D eigenvalue weighted by Gasteiger charge is -2.48. The van der Waals surface area contributed by atoms with E-state index in [2.05, 4.69) is 60.8 Å². The van der Waals surface area contributed by atoms with Crippen molar-refractivity contribution in [2.75, 3.05) is 12.4 Å². The number of alkyl halides is 4. The van der Waals surface area contributed by atoms with Crippen molar-refractivity contribution in [1.29, 1.82) is 0 Å². The monoisotopic (exact) mass is 683 g/mol. The molecule has 0 spiro atoms. The summed E-state index contributed by atoms with van der Waals surface area (Å²) in [5, 5.41) is 12.0. The zero-order chi connectivity index (χ0) is 35.6. The maximum absolute atomic E-state index is 13.0. The van der Waals surface area contributed by atoms with Gasteiger partial charge in [0, 0.05) is 23.0 Å². The Balaban J connectivity index is 0.000000279. The Labute approximate surface area is 284 Å². The molecule has 2 saturated carbocycles. The number of rotatable bonds is 11. The number of Topliss-reactive ketones (excluding diaryl/α,β-unsaturated/α-hetero) is 1. The van der Waals surface area contributed by atoms with Gasteiger partial charge >= 0.3 is 6.09 Å². The SMILES string of the molecule is CC(C)(CO)NC(=O)Oc1ccc2c(c1)CCC1C2CCC2(C)C(=O)CCC12.[B]C(F)(F)C(F)(F)CCCSC(C)(C)C(C)(C)CC. The van der Waals surface area contributed by atoms with Crippen LogP contribution in [0.4, 0.5) is 22.4 Å². The van der Waals surface area contributed by atoms with Crippen molar-refractivity contribution < 1.29 is 37.0 Å². The summed E-state index contributed by atoms with van der Waals surface area (Å²) in [6, 6.07) is 5.98. The average molecular weight is 684 g/mol. The number of halogens is 4. The number of hydrogen-bond donors (Lipinski definition) is 2. The second-order valence-electron chi connectivity index (χ2n) is 15.8. The third-order valence-corrected chi connectivity index (χ3v) is 13.3. The Morgan fingerprint density at radius 1 is 1.09 bits per heavy atom. The summed E-state index contributed by atoms with van der Waals surface area (Å²) in [5.41, 5.74) is 1.88. The number of ether oxygens (including phenoxy) is 1. The first-order valence-electron chi connectivity index (χ1n) is 17.0.